The van der Waals surface area contributed by atoms with Crippen molar-refractivity contribution in [1.82, 2.24) is 4.57 Å². The smallest absolute Gasteiger partial charge is 0.279 e. The average molecular weight is 345 g/mol. The van der Waals surface area contributed by atoms with E-state index in [4.69, 9.17) is 11.6 Å². The lowest BCUT2D eigenvalue weighted by molar-refractivity contribution is 0.0997. The molecule has 3 nitrogen and oxygen atoms in total. The van der Waals surface area contributed by atoms with Gasteiger partial charge in [-0.05, 0) is 50.1 Å². The van der Waals surface area contributed by atoms with E-state index in [1.165, 1.54) is 11.3 Å². The Kier molecular flexibility index (Phi) is 4.37. The minimum atomic E-state index is -0.208. The lowest BCUT2D eigenvalue weighted by Crippen LogP contribution is -2.16. The summed E-state index contributed by atoms with van der Waals surface area (Å²) in [5, 5.41) is 0.705. The van der Waals surface area contributed by atoms with Crippen LogP contribution in [0, 0.1) is 13.8 Å². The van der Waals surface area contributed by atoms with Gasteiger partial charge >= 0.3 is 0 Å². The van der Waals surface area contributed by atoms with Gasteiger partial charge < -0.3 is 4.57 Å². The molecule has 0 atom stereocenters. The van der Waals surface area contributed by atoms with Crippen LogP contribution in [0.3, 0.4) is 0 Å². The Morgan fingerprint density at radius 1 is 1.22 bits per heavy atom. The fourth-order valence-electron chi connectivity index (χ4n) is 2.71. The zero-order chi connectivity index (χ0) is 16.6. The SMILES string of the molecule is CCn1c(=NC(=O)c2ccccc2C)sc2cc(Cl)cc(C)c21. The van der Waals surface area contributed by atoms with E-state index in [0.29, 0.717) is 15.4 Å². The summed E-state index contributed by atoms with van der Waals surface area (Å²) in [4.78, 5) is 17.6. The highest BCUT2D eigenvalue weighted by Gasteiger charge is 2.12. The normalized spacial score (nSPS) is 12.1. The van der Waals surface area contributed by atoms with Gasteiger partial charge in [0, 0.05) is 17.1 Å². The number of benzene rings is 2. The van der Waals surface area contributed by atoms with Gasteiger partial charge in [0.05, 0.1) is 10.2 Å². The van der Waals surface area contributed by atoms with Crippen LogP contribution in [0.5, 0.6) is 0 Å². The number of carbonyl (C=O) groups is 1. The van der Waals surface area contributed by atoms with Crippen LogP contribution in [-0.2, 0) is 6.54 Å². The van der Waals surface area contributed by atoms with E-state index in [1.54, 1.807) is 0 Å². The number of amides is 1. The van der Waals surface area contributed by atoms with Gasteiger partial charge in [-0.2, -0.15) is 4.99 Å². The topological polar surface area (TPSA) is 34.4 Å². The Morgan fingerprint density at radius 3 is 2.65 bits per heavy atom. The van der Waals surface area contributed by atoms with Crippen LogP contribution in [0.1, 0.15) is 28.4 Å². The third kappa shape index (κ3) is 2.96. The van der Waals surface area contributed by atoms with E-state index in [9.17, 15) is 4.79 Å². The van der Waals surface area contributed by atoms with Crippen LogP contribution < -0.4 is 4.80 Å². The number of rotatable bonds is 2. The fraction of sp³-hybridized carbons (Fsp3) is 0.222. The molecule has 23 heavy (non-hydrogen) atoms. The van der Waals surface area contributed by atoms with Gasteiger partial charge in [-0.15, -0.1) is 0 Å². The molecule has 0 unspecified atom stereocenters. The van der Waals surface area contributed by atoms with Crippen LogP contribution in [0.25, 0.3) is 10.2 Å². The third-order valence-electron chi connectivity index (χ3n) is 3.82. The molecule has 0 N–H and O–H groups in total. The van der Waals surface area contributed by atoms with Crippen LogP contribution in [-0.4, -0.2) is 10.5 Å². The molecule has 1 heterocycles. The Balaban J connectivity index is 2.22. The number of nitrogens with zero attached hydrogens (tertiary/aromatic N) is 2. The van der Waals surface area contributed by atoms with E-state index in [2.05, 4.69) is 16.5 Å². The number of fused-ring (bicyclic) bond motifs is 1. The standard InChI is InChI=1S/C18H17ClN2OS/c1-4-21-16-12(3)9-13(19)10-15(16)23-18(21)20-17(22)14-8-6-5-7-11(14)2/h5-10H,4H2,1-3H3. The number of halogens is 1. The van der Waals surface area contributed by atoms with Crippen molar-refractivity contribution in [1.29, 1.82) is 0 Å². The number of aromatic nitrogens is 1. The minimum absolute atomic E-state index is 0.208. The van der Waals surface area contributed by atoms with Crippen LogP contribution >= 0.6 is 22.9 Å². The van der Waals surface area contributed by atoms with Crippen molar-refractivity contribution in [3.63, 3.8) is 0 Å². The summed E-state index contributed by atoms with van der Waals surface area (Å²) in [5.74, 6) is -0.208. The first-order valence-electron chi connectivity index (χ1n) is 7.45. The summed E-state index contributed by atoms with van der Waals surface area (Å²) in [6.07, 6.45) is 0. The Morgan fingerprint density at radius 2 is 1.96 bits per heavy atom. The van der Waals surface area contributed by atoms with Crippen LogP contribution in [0.4, 0.5) is 0 Å². The molecule has 0 spiro atoms. The second kappa shape index (κ2) is 6.30. The van der Waals surface area contributed by atoms with E-state index >= 15 is 0 Å². The molecule has 118 valence electrons. The monoisotopic (exact) mass is 344 g/mol. The molecule has 1 aromatic heterocycles. The van der Waals surface area contributed by atoms with Crippen molar-refractivity contribution in [2.24, 2.45) is 4.99 Å². The molecule has 0 fully saturated rings. The highest BCUT2D eigenvalue weighted by molar-refractivity contribution is 7.16. The number of carbonyl (C=O) groups excluding carboxylic acids is 1. The van der Waals surface area contributed by atoms with Gasteiger partial charge in [-0.25, -0.2) is 0 Å². The highest BCUT2D eigenvalue weighted by atomic mass is 35.5. The van der Waals surface area contributed by atoms with Gasteiger partial charge in [0.15, 0.2) is 4.80 Å². The van der Waals surface area contributed by atoms with Crippen molar-refractivity contribution in [3.05, 3.63) is 62.9 Å². The Hall–Kier alpha value is -1.91. The lowest BCUT2D eigenvalue weighted by Gasteiger charge is -2.04. The summed E-state index contributed by atoms with van der Waals surface area (Å²) < 4.78 is 3.12. The van der Waals surface area contributed by atoms with Gasteiger partial charge in [0.2, 0.25) is 0 Å². The molecule has 0 radical (unpaired) electrons. The largest absolute Gasteiger partial charge is 0.316 e. The molecule has 0 aliphatic carbocycles. The van der Waals surface area contributed by atoms with Gasteiger partial charge in [-0.1, -0.05) is 41.1 Å². The molecule has 5 heteroatoms. The van der Waals surface area contributed by atoms with Crippen LogP contribution in [0.15, 0.2) is 41.4 Å². The molecule has 0 aliphatic rings. The maximum Gasteiger partial charge on any atom is 0.279 e. The van der Waals surface area contributed by atoms with Gasteiger partial charge in [0.25, 0.3) is 5.91 Å². The highest BCUT2D eigenvalue weighted by Crippen LogP contribution is 2.25. The van der Waals surface area contributed by atoms with Crippen molar-refractivity contribution in [2.75, 3.05) is 0 Å². The summed E-state index contributed by atoms with van der Waals surface area (Å²) >= 11 is 7.65. The van der Waals surface area contributed by atoms with Crippen molar-refractivity contribution in [3.8, 4) is 0 Å². The first kappa shape index (κ1) is 16.0. The lowest BCUT2D eigenvalue weighted by atomic mass is 10.1. The Bertz CT molecular complexity index is 969. The second-order valence-electron chi connectivity index (χ2n) is 5.43. The summed E-state index contributed by atoms with van der Waals surface area (Å²) in [6.45, 7) is 6.76. The maximum atomic E-state index is 12.5. The fourth-order valence-corrected chi connectivity index (χ4v) is 4.26. The molecular weight excluding hydrogens is 328 g/mol. The van der Waals surface area contributed by atoms with E-state index in [-0.39, 0.29) is 5.91 Å². The molecule has 3 rings (SSSR count). The predicted molar refractivity (Wildman–Crippen MR) is 96.3 cm³/mol. The van der Waals surface area contributed by atoms with E-state index in [0.717, 1.165) is 27.9 Å². The minimum Gasteiger partial charge on any atom is -0.316 e. The zero-order valence-corrected chi connectivity index (χ0v) is 14.8. The second-order valence-corrected chi connectivity index (χ2v) is 6.88. The molecule has 0 saturated heterocycles. The molecule has 3 aromatic rings. The molecular formula is C18H17ClN2OS. The maximum absolute atomic E-state index is 12.5. The van der Waals surface area contributed by atoms with Gasteiger partial charge in [-0.3, -0.25) is 4.79 Å². The molecule has 0 aliphatic heterocycles. The first-order valence-corrected chi connectivity index (χ1v) is 8.65. The number of thiazole rings is 1. The number of aryl methyl sites for hydroxylation is 3. The number of hydrogen-bond donors (Lipinski definition) is 0. The quantitative estimate of drug-likeness (QED) is 0.661. The predicted octanol–water partition coefficient (Wildman–Crippen LogP) is 4.73. The van der Waals surface area contributed by atoms with Gasteiger partial charge in [0.1, 0.15) is 0 Å². The molecule has 2 aromatic carbocycles. The zero-order valence-electron chi connectivity index (χ0n) is 13.3. The van der Waals surface area contributed by atoms with Crippen LogP contribution in [0.2, 0.25) is 5.02 Å². The number of hydrogen-bond acceptors (Lipinski definition) is 2. The average Bonchev–Trinajstić information content (AvgIpc) is 2.84. The Labute approximate surface area is 143 Å². The van der Waals surface area contributed by atoms with E-state index in [1.807, 2.05) is 50.2 Å². The summed E-state index contributed by atoms with van der Waals surface area (Å²) in [6, 6.07) is 11.4. The molecule has 1 amide bonds. The third-order valence-corrected chi connectivity index (χ3v) is 5.06. The van der Waals surface area contributed by atoms with Crippen molar-refractivity contribution < 1.29 is 4.79 Å². The summed E-state index contributed by atoms with van der Waals surface area (Å²) in [5.41, 5.74) is 3.76. The van der Waals surface area contributed by atoms with Crippen molar-refractivity contribution >= 4 is 39.1 Å². The molecule has 0 saturated carbocycles. The molecule has 0 bridgehead atoms. The van der Waals surface area contributed by atoms with Crippen molar-refractivity contribution in [2.45, 2.75) is 27.3 Å². The summed E-state index contributed by atoms with van der Waals surface area (Å²) in [7, 11) is 0. The van der Waals surface area contributed by atoms with E-state index < -0.39 is 0 Å². The first-order chi connectivity index (χ1) is 11.0.